The number of thiophene rings is 1. The Morgan fingerprint density at radius 2 is 2.29 bits per heavy atom. The Morgan fingerprint density at radius 3 is 3.00 bits per heavy atom. The molecule has 1 aromatic rings. The summed E-state index contributed by atoms with van der Waals surface area (Å²) in [6, 6.07) is 4.31. The van der Waals surface area contributed by atoms with Crippen molar-refractivity contribution in [2.45, 2.75) is 26.3 Å². The lowest BCUT2D eigenvalue weighted by molar-refractivity contribution is -0.140. The Hall–Kier alpha value is -0.910. The zero-order chi connectivity index (χ0) is 14.7. The van der Waals surface area contributed by atoms with Crippen LogP contribution in [0.3, 0.4) is 0 Å². The summed E-state index contributed by atoms with van der Waals surface area (Å²) in [6.45, 7) is 8.82. The molecule has 21 heavy (non-hydrogen) atoms. The van der Waals surface area contributed by atoms with Gasteiger partial charge in [-0.15, -0.1) is 11.3 Å². The van der Waals surface area contributed by atoms with Gasteiger partial charge in [-0.3, -0.25) is 9.69 Å². The predicted molar refractivity (Wildman–Crippen MR) is 86.4 cm³/mol. The fraction of sp³-hybridized carbons (Fsp3) is 0.688. The van der Waals surface area contributed by atoms with Gasteiger partial charge in [-0.05, 0) is 37.8 Å². The number of nitrogens with zero attached hydrogens (tertiary/aromatic N) is 2. The average molecular weight is 307 g/mol. The first-order valence-corrected chi connectivity index (χ1v) is 8.80. The molecule has 0 bridgehead atoms. The first kappa shape index (κ1) is 15.0. The van der Waals surface area contributed by atoms with Crippen molar-refractivity contribution in [3.05, 3.63) is 22.4 Å². The van der Waals surface area contributed by atoms with Gasteiger partial charge < -0.3 is 10.2 Å². The van der Waals surface area contributed by atoms with Gasteiger partial charge >= 0.3 is 0 Å². The van der Waals surface area contributed by atoms with E-state index in [9.17, 15) is 4.79 Å². The van der Waals surface area contributed by atoms with Gasteiger partial charge in [-0.2, -0.15) is 0 Å². The number of hydrogen-bond donors (Lipinski definition) is 1. The quantitative estimate of drug-likeness (QED) is 0.925. The zero-order valence-corrected chi connectivity index (χ0v) is 13.6. The second-order valence-corrected chi connectivity index (χ2v) is 7.52. The number of nitrogens with one attached hydrogen (secondary N) is 1. The lowest BCUT2D eigenvalue weighted by Crippen LogP contribution is -2.45. The largest absolute Gasteiger partial charge is 0.341 e. The molecule has 0 aromatic carbocycles. The molecule has 1 N–H and O–H groups in total. The molecule has 5 heteroatoms. The van der Waals surface area contributed by atoms with Crippen LogP contribution in [0.5, 0.6) is 0 Å². The van der Waals surface area contributed by atoms with Crippen LogP contribution in [0.4, 0.5) is 0 Å². The van der Waals surface area contributed by atoms with E-state index >= 15 is 0 Å². The topological polar surface area (TPSA) is 35.6 Å². The van der Waals surface area contributed by atoms with Gasteiger partial charge in [-0.25, -0.2) is 0 Å². The number of rotatable bonds is 3. The summed E-state index contributed by atoms with van der Waals surface area (Å²) in [5.41, 5.74) is -0.178. The molecule has 2 fully saturated rings. The Labute approximate surface area is 131 Å². The Bertz CT molecular complexity index is 468. The molecule has 1 aromatic heterocycles. The van der Waals surface area contributed by atoms with Gasteiger partial charge in [-0.1, -0.05) is 6.07 Å². The third kappa shape index (κ3) is 3.47. The van der Waals surface area contributed by atoms with E-state index in [1.54, 1.807) is 0 Å². The molecule has 0 saturated carbocycles. The molecule has 3 heterocycles. The smallest absolute Gasteiger partial charge is 0.229 e. The Kier molecular flexibility index (Phi) is 4.62. The van der Waals surface area contributed by atoms with Crippen LogP contribution in [0, 0.1) is 5.41 Å². The van der Waals surface area contributed by atoms with Gasteiger partial charge in [0, 0.05) is 44.1 Å². The van der Waals surface area contributed by atoms with Gasteiger partial charge in [0.1, 0.15) is 0 Å². The molecule has 1 amide bonds. The Balaban J connectivity index is 1.56. The highest BCUT2D eigenvalue weighted by Gasteiger charge is 2.39. The molecule has 1 atom stereocenters. The van der Waals surface area contributed by atoms with Gasteiger partial charge in [0.25, 0.3) is 0 Å². The second kappa shape index (κ2) is 6.46. The summed E-state index contributed by atoms with van der Waals surface area (Å²) in [5, 5.41) is 5.47. The molecule has 1 unspecified atom stereocenters. The highest BCUT2D eigenvalue weighted by molar-refractivity contribution is 7.09. The van der Waals surface area contributed by atoms with E-state index < -0.39 is 0 Å². The lowest BCUT2D eigenvalue weighted by atomic mass is 9.88. The van der Waals surface area contributed by atoms with Crippen LogP contribution in [-0.2, 0) is 11.3 Å². The first-order valence-electron chi connectivity index (χ1n) is 7.92. The zero-order valence-electron chi connectivity index (χ0n) is 12.8. The highest BCUT2D eigenvalue weighted by Crippen LogP contribution is 2.27. The van der Waals surface area contributed by atoms with Crippen molar-refractivity contribution < 1.29 is 4.79 Å². The predicted octanol–water partition coefficient (Wildman–Crippen LogP) is 1.78. The molecule has 3 rings (SSSR count). The van der Waals surface area contributed by atoms with Crippen LogP contribution in [0.1, 0.15) is 24.6 Å². The SMILES string of the molecule is CC1(C(=O)N2CCCN(Cc3cccs3)CC2)CCNC1. The van der Waals surface area contributed by atoms with Crippen molar-refractivity contribution in [2.24, 2.45) is 5.41 Å². The van der Waals surface area contributed by atoms with Gasteiger partial charge in [0.2, 0.25) is 5.91 Å². The summed E-state index contributed by atoms with van der Waals surface area (Å²) in [7, 11) is 0. The third-order valence-corrected chi connectivity index (χ3v) is 5.58. The average Bonchev–Trinajstić information content (AvgIpc) is 3.08. The van der Waals surface area contributed by atoms with E-state index in [0.29, 0.717) is 5.91 Å². The van der Waals surface area contributed by atoms with E-state index in [1.165, 1.54) is 4.88 Å². The van der Waals surface area contributed by atoms with E-state index in [2.05, 4.69) is 39.6 Å². The molecule has 2 saturated heterocycles. The second-order valence-electron chi connectivity index (χ2n) is 6.49. The minimum atomic E-state index is -0.178. The highest BCUT2D eigenvalue weighted by atomic mass is 32.1. The van der Waals surface area contributed by atoms with Crippen LogP contribution < -0.4 is 5.32 Å². The van der Waals surface area contributed by atoms with Crippen LogP contribution >= 0.6 is 11.3 Å². The fourth-order valence-corrected chi connectivity index (χ4v) is 4.08. The summed E-state index contributed by atoms with van der Waals surface area (Å²) in [4.78, 5) is 18.8. The standard InChI is InChI=1S/C16H25N3OS/c1-16(5-6-17-13-16)15(20)19-8-3-7-18(9-10-19)12-14-4-2-11-21-14/h2,4,11,17H,3,5-10,12-13H2,1H3. The molecule has 2 aliphatic rings. The number of carbonyl (C=O) groups excluding carboxylic acids is 1. The summed E-state index contributed by atoms with van der Waals surface area (Å²) in [5.74, 6) is 0.352. The van der Waals surface area contributed by atoms with E-state index in [0.717, 1.165) is 58.7 Å². The maximum atomic E-state index is 12.8. The van der Waals surface area contributed by atoms with Crippen LogP contribution in [-0.4, -0.2) is 55.0 Å². The maximum Gasteiger partial charge on any atom is 0.229 e. The molecular weight excluding hydrogens is 282 g/mol. The number of hydrogen-bond acceptors (Lipinski definition) is 4. The number of carbonyl (C=O) groups is 1. The molecule has 0 spiro atoms. The van der Waals surface area contributed by atoms with E-state index in [4.69, 9.17) is 0 Å². The van der Waals surface area contributed by atoms with Crippen molar-refractivity contribution in [2.75, 3.05) is 39.3 Å². The van der Waals surface area contributed by atoms with Crippen molar-refractivity contribution in [3.63, 3.8) is 0 Å². The maximum absolute atomic E-state index is 12.8. The summed E-state index contributed by atoms with van der Waals surface area (Å²) >= 11 is 1.82. The summed E-state index contributed by atoms with van der Waals surface area (Å²) in [6.07, 6.45) is 2.06. The normalized spacial score (nSPS) is 27.8. The van der Waals surface area contributed by atoms with E-state index in [1.807, 2.05) is 11.3 Å². The molecular formula is C16H25N3OS. The minimum absolute atomic E-state index is 0.178. The third-order valence-electron chi connectivity index (χ3n) is 4.72. The number of amides is 1. The van der Waals surface area contributed by atoms with Crippen LogP contribution in [0.15, 0.2) is 17.5 Å². The molecule has 0 aliphatic carbocycles. The molecule has 4 nitrogen and oxygen atoms in total. The molecule has 0 radical (unpaired) electrons. The van der Waals surface area contributed by atoms with Crippen LogP contribution in [0.2, 0.25) is 0 Å². The summed E-state index contributed by atoms with van der Waals surface area (Å²) < 4.78 is 0. The monoisotopic (exact) mass is 307 g/mol. The van der Waals surface area contributed by atoms with Crippen molar-refractivity contribution in [1.29, 1.82) is 0 Å². The molecule has 2 aliphatic heterocycles. The first-order chi connectivity index (χ1) is 10.2. The van der Waals surface area contributed by atoms with Crippen molar-refractivity contribution in [3.8, 4) is 0 Å². The van der Waals surface area contributed by atoms with Crippen molar-refractivity contribution >= 4 is 17.2 Å². The van der Waals surface area contributed by atoms with Gasteiger partial charge in [0.15, 0.2) is 0 Å². The van der Waals surface area contributed by atoms with E-state index in [-0.39, 0.29) is 5.41 Å². The Morgan fingerprint density at radius 1 is 1.38 bits per heavy atom. The lowest BCUT2D eigenvalue weighted by Gasteiger charge is -2.30. The van der Waals surface area contributed by atoms with Crippen LogP contribution in [0.25, 0.3) is 0 Å². The van der Waals surface area contributed by atoms with Crippen molar-refractivity contribution in [1.82, 2.24) is 15.1 Å². The van der Waals surface area contributed by atoms with Gasteiger partial charge in [0.05, 0.1) is 5.41 Å². The minimum Gasteiger partial charge on any atom is -0.341 e. The molecule has 116 valence electrons. The fourth-order valence-electron chi connectivity index (χ4n) is 3.34.